The summed E-state index contributed by atoms with van der Waals surface area (Å²) in [5.41, 5.74) is 5.55. The van der Waals surface area contributed by atoms with Crippen LogP contribution in [0, 0.1) is 20.8 Å². The van der Waals surface area contributed by atoms with Gasteiger partial charge in [0.05, 0.1) is 22.8 Å². The first-order chi connectivity index (χ1) is 13.3. The number of carbonyl (C=O) groups is 1. The van der Waals surface area contributed by atoms with Gasteiger partial charge < -0.3 is 4.90 Å². The van der Waals surface area contributed by atoms with E-state index in [-0.39, 0.29) is 11.9 Å². The third kappa shape index (κ3) is 3.08. The lowest BCUT2D eigenvalue weighted by atomic mass is 10.1. The van der Waals surface area contributed by atoms with Crippen LogP contribution in [0.3, 0.4) is 0 Å². The number of carbonyl (C=O) groups excluding carboxylic acids is 1. The molecule has 0 unspecified atom stereocenters. The molecule has 148 valence electrons. The van der Waals surface area contributed by atoms with Gasteiger partial charge in [0.2, 0.25) is 0 Å². The van der Waals surface area contributed by atoms with Crippen LogP contribution < -0.4 is 0 Å². The van der Waals surface area contributed by atoms with Crippen molar-refractivity contribution in [2.45, 2.75) is 66.1 Å². The molecule has 1 aliphatic rings. The maximum Gasteiger partial charge on any atom is 0.255 e. The third-order valence-corrected chi connectivity index (χ3v) is 5.65. The lowest BCUT2D eigenvalue weighted by molar-refractivity contribution is 0.0731. The summed E-state index contributed by atoms with van der Waals surface area (Å²) >= 11 is 0. The van der Waals surface area contributed by atoms with Crippen molar-refractivity contribution in [2.24, 2.45) is 7.05 Å². The molecule has 3 aromatic rings. The molecule has 0 bridgehead atoms. The van der Waals surface area contributed by atoms with E-state index >= 15 is 0 Å². The molecule has 1 aliphatic carbocycles. The molecule has 0 atom stereocenters. The molecule has 0 aromatic carbocycles. The normalized spacial score (nSPS) is 14.2. The Balaban J connectivity index is 1.76. The molecule has 1 saturated carbocycles. The van der Waals surface area contributed by atoms with E-state index in [1.807, 2.05) is 41.2 Å². The fourth-order valence-electron chi connectivity index (χ4n) is 3.82. The van der Waals surface area contributed by atoms with E-state index in [9.17, 15) is 4.79 Å². The van der Waals surface area contributed by atoms with E-state index in [1.165, 1.54) is 0 Å². The zero-order valence-electron chi connectivity index (χ0n) is 17.5. The van der Waals surface area contributed by atoms with Crippen LogP contribution in [-0.4, -0.2) is 41.4 Å². The van der Waals surface area contributed by atoms with Crippen LogP contribution in [0.1, 0.15) is 65.7 Å². The maximum atomic E-state index is 13.6. The summed E-state index contributed by atoms with van der Waals surface area (Å²) in [6.07, 6.45) is 3.89. The molecule has 3 aromatic heterocycles. The van der Waals surface area contributed by atoms with Crippen molar-refractivity contribution in [3.63, 3.8) is 0 Å². The number of aromatic nitrogens is 5. The largest absolute Gasteiger partial charge is 0.331 e. The number of pyridine rings is 1. The van der Waals surface area contributed by atoms with Crippen LogP contribution in [0.25, 0.3) is 11.0 Å². The van der Waals surface area contributed by atoms with Crippen molar-refractivity contribution in [3.05, 3.63) is 40.5 Å². The molecular weight excluding hydrogens is 352 g/mol. The molecule has 4 rings (SSSR count). The molecule has 1 amide bonds. The van der Waals surface area contributed by atoms with Crippen molar-refractivity contribution < 1.29 is 4.79 Å². The molecule has 0 N–H and O–H groups in total. The van der Waals surface area contributed by atoms with Gasteiger partial charge in [0.15, 0.2) is 5.65 Å². The zero-order valence-corrected chi connectivity index (χ0v) is 17.5. The Bertz CT molecular complexity index is 1060. The molecule has 7 nitrogen and oxygen atoms in total. The summed E-state index contributed by atoms with van der Waals surface area (Å²) in [7, 11) is 1.95. The summed E-state index contributed by atoms with van der Waals surface area (Å²) in [6.45, 7) is 10.7. The highest BCUT2D eigenvalue weighted by molar-refractivity contribution is 6.05. The standard InChI is InChI=1S/C21H28N6O/c1-12(2)27-20-18(10-22-27)17(9-13(3)23-20)21(28)26(16-7-8-16)11-19-14(4)24-25(6)15(19)5/h9-10,12,16H,7-8,11H2,1-6H3. The summed E-state index contributed by atoms with van der Waals surface area (Å²) in [4.78, 5) is 20.3. The number of amides is 1. The monoisotopic (exact) mass is 380 g/mol. The van der Waals surface area contributed by atoms with Gasteiger partial charge in [-0.15, -0.1) is 0 Å². The first-order valence-corrected chi connectivity index (χ1v) is 9.92. The van der Waals surface area contributed by atoms with E-state index in [0.717, 1.165) is 46.5 Å². The zero-order chi connectivity index (χ0) is 20.2. The Morgan fingerprint density at radius 2 is 2.00 bits per heavy atom. The first-order valence-electron chi connectivity index (χ1n) is 9.92. The van der Waals surface area contributed by atoms with Gasteiger partial charge in [-0.3, -0.25) is 9.48 Å². The molecule has 3 heterocycles. The Hall–Kier alpha value is -2.70. The third-order valence-electron chi connectivity index (χ3n) is 5.65. The second kappa shape index (κ2) is 6.72. The molecule has 0 radical (unpaired) electrons. The Labute approximate surface area is 165 Å². The van der Waals surface area contributed by atoms with Gasteiger partial charge in [-0.1, -0.05) is 0 Å². The minimum Gasteiger partial charge on any atom is -0.331 e. The average Bonchev–Trinajstić information content (AvgIpc) is 3.33. The number of fused-ring (bicyclic) bond motifs is 1. The lowest BCUT2D eigenvalue weighted by Crippen LogP contribution is -2.33. The van der Waals surface area contributed by atoms with Gasteiger partial charge in [-0.2, -0.15) is 10.2 Å². The van der Waals surface area contributed by atoms with Gasteiger partial charge in [-0.25, -0.2) is 9.67 Å². The van der Waals surface area contributed by atoms with Crippen molar-refractivity contribution in [1.82, 2.24) is 29.4 Å². The summed E-state index contributed by atoms with van der Waals surface area (Å²) in [6, 6.07) is 2.39. The Kier molecular flexibility index (Phi) is 4.48. The van der Waals surface area contributed by atoms with Crippen LogP contribution in [0.4, 0.5) is 0 Å². The fourth-order valence-corrected chi connectivity index (χ4v) is 3.82. The molecule has 28 heavy (non-hydrogen) atoms. The van der Waals surface area contributed by atoms with E-state index in [1.54, 1.807) is 6.20 Å². The van der Waals surface area contributed by atoms with Crippen LogP contribution in [0.2, 0.25) is 0 Å². The highest BCUT2D eigenvalue weighted by atomic mass is 16.2. The van der Waals surface area contributed by atoms with Gasteiger partial charge in [-0.05, 0) is 53.5 Å². The van der Waals surface area contributed by atoms with Gasteiger partial charge in [0.1, 0.15) is 0 Å². The average molecular weight is 380 g/mol. The van der Waals surface area contributed by atoms with Gasteiger partial charge >= 0.3 is 0 Å². The summed E-state index contributed by atoms with van der Waals surface area (Å²) < 4.78 is 3.78. The van der Waals surface area contributed by atoms with E-state index in [2.05, 4.69) is 36.0 Å². The molecule has 7 heteroatoms. The van der Waals surface area contributed by atoms with Crippen molar-refractivity contribution in [3.8, 4) is 0 Å². The number of nitrogens with zero attached hydrogens (tertiary/aromatic N) is 6. The molecule has 0 aliphatic heterocycles. The smallest absolute Gasteiger partial charge is 0.255 e. The lowest BCUT2D eigenvalue weighted by Gasteiger charge is -2.23. The van der Waals surface area contributed by atoms with Crippen molar-refractivity contribution in [2.75, 3.05) is 0 Å². The highest BCUT2D eigenvalue weighted by Gasteiger charge is 2.35. The fraction of sp³-hybridized carbons (Fsp3) is 0.524. The summed E-state index contributed by atoms with van der Waals surface area (Å²) in [5.74, 6) is 0.0592. The topological polar surface area (TPSA) is 68.8 Å². The van der Waals surface area contributed by atoms with E-state index < -0.39 is 0 Å². The van der Waals surface area contributed by atoms with Crippen molar-refractivity contribution in [1.29, 1.82) is 0 Å². The highest BCUT2D eigenvalue weighted by Crippen LogP contribution is 2.32. The number of aryl methyl sites for hydroxylation is 3. The molecule has 1 fully saturated rings. The predicted molar refractivity (Wildman–Crippen MR) is 108 cm³/mol. The number of hydrogen-bond donors (Lipinski definition) is 0. The number of hydrogen-bond acceptors (Lipinski definition) is 4. The molecular formula is C21H28N6O. The maximum absolute atomic E-state index is 13.6. The van der Waals surface area contributed by atoms with Crippen LogP contribution >= 0.6 is 0 Å². The van der Waals surface area contributed by atoms with Gasteiger partial charge in [0.25, 0.3) is 5.91 Å². The van der Waals surface area contributed by atoms with E-state index in [4.69, 9.17) is 0 Å². The predicted octanol–water partition coefficient (Wildman–Crippen LogP) is 3.48. The molecule has 0 saturated heterocycles. The van der Waals surface area contributed by atoms with Crippen molar-refractivity contribution >= 4 is 16.9 Å². The molecule has 0 spiro atoms. The first kappa shape index (κ1) is 18.7. The number of rotatable bonds is 5. The Morgan fingerprint density at radius 1 is 1.29 bits per heavy atom. The minimum absolute atomic E-state index is 0.0592. The second-order valence-electron chi connectivity index (χ2n) is 8.17. The second-order valence-corrected chi connectivity index (χ2v) is 8.17. The quantitative estimate of drug-likeness (QED) is 0.680. The van der Waals surface area contributed by atoms with Crippen LogP contribution in [-0.2, 0) is 13.6 Å². The Morgan fingerprint density at radius 3 is 2.57 bits per heavy atom. The van der Waals surface area contributed by atoms with Crippen LogP contribution in [0.5, 0.6) is 0 Å². The minimum atomic E-state index is 0.0592. The summed E-state index contributed by atoms with van der Waals surface area (Å²) in [5, 5.41) is 9.83. The van der Waals surface area contributed by atoms with Crippen LogP contribution in [0.15, 0.2) is 12.3 Å². The van der Waals surface area contributed by atoms with E-state index in [0.29, 0.717) is 18.2 Å². The SMILES string of the molecule is Cc1cc(C(=O)N(Cc2c(C)nn(C)c2C)C2CC2)c2cnn(C(C)C)c2n1. The van der Waals surface area contributed by atoms with Gasteiger partial charge in [0, 0.05) is 42.6 Å².